The van der Waals surface area contributed by atoms with Crippen LogP contribution in [0.5, 0.6) is 5.75 Å². The molecule has 1 unspecified atom stereocenters. The molecule has 154 valence electrons. The summed E-state index contributed by atoms with van der Waals surface area (Å²) in [6.07, 6.45) is 3.14. The molecule has 6 heteroatoms. The minimum Gasteiger partial charge on any atom is -0.493 e. The zero-order valence-corrected chi connectivity index (χ0v) is 17.2. The Balaban J connectivity index is 1.35. The largest absolute Gasteiger partial charge is 0.493 e. The smallest absolute Gasteiger partial charge is 0.251 e. The highest BCUT2D eigenvalue weighted by Gasteiger charge is 2.23. The van der Waals surface area contributed by atoms with Crippen LogP contribution >= 0.6 is 11.6 Å². The molecule has 2 aromatic rings. The number of nitrogens with one attached hydrogen (secondary N) is 1. The van der Waals surface area contributed by atoms with Gasteiger partial charge in [-0.1, -0.05) is 29.8 Å². The van der Waals surface area contributed by atoms with Gasteiger partial charge in [0.25, 0.3) is 5.91 Å². The van der Waals surface area contributed by atoms with E-state index in [1.165, 1.54) is 0 Å². The summed E-state index contributed by atoms with van der Waals surface area (Å²) in [5.74, 6) is 1.23. The summed E-state index contributed by atoms with van der Waals surface area (Å²) >= 11 is 5.83. The first-order chi connectivity index (χ1) is 14.1. The van der Waals surface area contributed by atoms with Crippen LogP contribution < -0.4 is 10.1 Å². The van der Waals surface area contributed by atoms with Crippen molar-refractivity contribution in [2.45, 2.75) is 25.7 Å². The molecule has 1 aliphatic rings. The van der Waals surface area contributed by atoms with E-state index in [1.807, 2.05) is 35.2 Å². The molecule has 0 aliphatic carbocycles. The molecular formula is C23H27ClN2O3. The maximum Gasteiger partial charge on any atom is 0.251 e. The second-order valence-electron chi connectivity index (χ2n) is 7.34. The topological polar surface area (TPSA) is 58.6 Å². The zero-order chi connectivity index (χ0) is 20.5. The van der Waals surface area contributed by atoms with Gasteiger partial charge in [0.2, 0.25) is 5.91 Å². The first-order valence-electron chi connectivity index (χ1n) is 10.1. The number of carbonyl (C=O) groups is 2. The van der Waals surface area contributed by atoms with Crippen LogP contribution in [0.4, 0.5) is 0 Å². The Labute approximate surface area is 177 Å². The third kappa shape index (κ3) is 6.79. The molecule has 29 heavy (non-hydrogen) atoms. The summed E-state index contributed by atoms with van der Waals surface area (Å²) in [6, 6.07) is 16.5. The molecule has 2 aromatic carbocycles. The third-order valence-electron chi connectivity index (χ3n) is 5.06. The maximum absolute atomic E-state index is 12.5. The molecule has 2 amide bonds. The molecule has 1 fully saturated rings. The highest BCUT2D eigenvalue weighted by Crippen LogP contribution is 2.19. The number of nitrogens with zero attached hydrogens (tertiary/aromatic N) is 1. The van der Waals surface area contributed by atoms with Crippen LogP contribution in [0.1, 0.15) is 36.0 Å². The molecule has 1 N–H and O–H groups in total. The predicted molar refractivity (Wildman–Crippen MR) is 114 cm³/mol. The number of rotatable bonds is 8. The van der Waals surface area contributed by atoms with Crippen molar-refractivity contribution in [3.05, 3.63) is 65.2 Å². The summed E-state index contributed by atoms with van der Waals surface area (Å²) < 4.78 is 5.85. The molecular weight excluding hydrogens is 388 g/mol. The molecule has 1 atom stereocenters. The predicted octanol–water partition coefficient (Wildman–Crippen LogP) is 4.17. The molecule has 1 heterocycles. The van der Waals surface area contributed by atoms with Crippen molar-refractivity contribution >= 4 is 23.4 Å². The molecule has 0 radical (unpaired) electrons. The second kappa shape index (κ2) is 10.9. The van der Waals surface area contributed by atoms with Gasteiger partial charge >= 0.3 is 0 Å². The first-order valence-corrected chi connectivity index (χ1v) is 10.5. The molecule has 1 aliphatic heterocycles. The average molecular weight is 415 g/mol. The Kier molecular flexibility index (Phi) is 7.94. The lowest BCUT2D eigenvalue weighted by Gasteiger charge is -2.32. The highest BCUT2D eigenvalue weighted by molar-refractivity contribution is 6.30. The maximum atomic E-state index is 12.5. The number of benzene rings is 2. The minimum atomic E-state index is -0.148. The normalized spacial score (nSPS) is 16.3. The molecule has 1 saturated heterocycles. The van der Waals surface area contributed by atoms with E-state index in [2.05, 4.69) is 5.32 Å². The fraction of sp³-hybridized carbons (Fsp3) is 0.391. The van der Waals surface area contributed by atoms with E-state index >= 15 is 0 Å². The number of hydrogen-bond donors (Lipinski definition) is 1. The summed E-state index contributed by atoms with van der Waals surface area (Å²) in [6.45, 7) is 2.65. The number of piperidine rings is 1. The SMILES string of the molecule is O=C(NCCCC(=O)N1CCCC(COc2ccccc2)C1)c1ccc(Cl)cc1. The van der Waals surface area contributed by atoms with Gasteiger partial charge < -0.3 is 15.0 Å². The number of para-hydroxylation sites is 1. The van der Waals surface area contributed by atoms with Gasteiger partial charge in [-0.15, -0.1) is 0 Å². The Morgan fingerprint density at radius 3 is 2.62 bits per heavy atom. The first kappa shape index (κ1) is 21.2. The van der Waals surface area contributed by atoms with E-state index in [9.17, 15) is 9.59 Å². The van der Waals surface area contributed by atoms with Crippen LogP contribution in [0.15, 0.2) is 54.6 Å². The second-order valence-corrected chi connectivity index (χ2v) is 7.77. The van der Waals surface area contributed by atoms with E-state index in [1.54, 1.807) is 24.3 Å². The summed E-state index contributed by atoms with van der Waals surface area (Å²) in [4.78, 5) is 26.5. The fourth-order valence-corrected chi connectivity index (χ4v) is 3.59. The zero-order valence-electron chi connectivity index (χ0n) is 16.5. The fourth-order valence-electron chi connectivity index (χ4n) is 3.46. The van der Waals surface area contributed by atoms with E-state index in [0.717, 1.165) is 31.7 Å². The summed E-state index contributed by atoms with van der Waals surface area (Å²) in [7, 11) is 0. The van der Waals surface area contributed by atoms with Crippen molar-refractivity contribution in [3.63, 3.8) is 0 Å². The van der Waals surface area contributed by atoms with Crippen molar-refractivity contribution in [2.75, 3.05) is 26.2 Å². The van der Waals surface area contributed by atoms with Crippen molar-refractivity contribution < 1.29 is 14.3 Å². The van der Waals surface area contributed by atoms with Gasteiger partial charge in [0.1, 0.15) is 5.75 Å². The average Bonchev–Trinajstić information content (AvgIpc) is 2.76. The molecule has 3 rings (SSSR count). The van der Waals surface area contributed by atoms with Crippen molar-refractivity contribution in [1.29, 1.82) is 0 Å². The van der Waals surface area contributed by atoms with Crippen molar-refractivity contribution in [3.8, 4) is 5.75 Å². The summed E-state index contributed by atoms with van der Waals surface area (Å²) in [5.41, 5.74) is 0.568. The van der Waals surface area contributed by atoms with Gasteiger partial charge in [-0.2, -0.15) is 0 Å². The van der Waals surface area contributed by atoms with Crippen LogP contribution in [0.2, 0.25) is 5.02 Å². The Bertz CT molecular complexity index is 796. The summed E-state index contributed by atoms with van der Waals surface area (Å²) in [5, 5.41) is 3.45. The monoisotopic (exact) mass is 414 g/mol. The van der Waals surface area contributed by atoms with Gasteiger partial charge in [0.05, 0.1) is 6.61 Å². The van der Waals surface area contributed by atoms with Gasteiger partial charge in [-0.25, -0.2) is 0 Å². The van der Waals surface area contributed by atoms with Crippen LogP contribution in [-0.4, -0.2) is 43.0 Å². The number of ether oxygens (including phenoxy) is 1. The number of amides is 2. The highest BCUT2D eigenvalue weighted by atomic mass is 35.5. The molecule has 0 saturated carbocycles. The number of halogens is 1. The van der Waals surface area contributed by atoms with Crippen molar-refractivity contribution in [1.82, 2.24) is 10.2 Å². The third-order valence-corrected chi connectivity index (χ3v) is 5.31. The van der Waals surface area contributed by atoms with Gasteiger partial charge in [-0.05, 0) is 55.7 Å². The van der Waals surface area contributed by atoms with E-state index in [4.69, 9.17) is 16.3 Å². The van der Waals surface area contributed by atoms with E-state index in [-0.39, 0.29) is 11.8 Å². The lowest BCUT2D eigenvalue weighted by Crippen LogP contribution is -2.41. The van der Waals surface area contributed by atoms with Crippen LogP contribution in [0.25, 0.3) is 0 Å². The van der Waals surface area contributed by atoms with E-state index in [0.29, 0.717) is 42.5 Å². The van der Waals surface area contributed by atoms with Gasteiger partial charge in [0.15, 0.2) is 0 Å². The number of likely N-dealkylation sites (tertiary alicyclic amines) is 1. The van der Waals surface area contributed by atoms with Crippen molar-refractivity contribution in [2.24, 2.45) is 5.92 Å². The molecule has 5 nitrogen and oxygen atoms in total. The van der Waals surface area contributed by atoms with Crippen LogP contribution in [0, 0.1) is 5.92 Å². The lowest BCUT2D eigenvalue weighted by atomic mass is 9.98. The minimum absolute atomic E-state index is 0.148. The molecule has 0 bridgehead atoms. The molecule has 0 spiro atoms. The van der Waals surface area contributed by atoms with Gasteiger partial charge in [-0.3, -0.25) is 9.59 Å². The van der Waals surface area contributed by atoms with Crippen LogP contribution in [-0.2, 0) is 4.79 Å². The quantitative estimate of drug-likeness (QED) is 0.659. The lowest BCUT2D eigenvalue weighted by molar-refractivity contribution is -0.133. The van der Waals surface area contributed by atoms with Crippen LogP contribution in [0.3, 0.4) is 0 Å². The van der Waals surface area contributed by atoms with Gasteiger partial charge in [0, 0.05) is 42.6 Å². The Hall–Kier alpha value is -2.53. The Morgan fingerprint density at radius 1 is 1.10 bits per heavy atom. The molecule has 0 aromatic heterocycles. The standard InChI is InChI=1S/C23H27ClN2O3/c24-20-12-10-19(11-13-20)23(28)25-14-4-9-22(27)26-15-5-6-18(16-26)17-29-21-7-2-1-3-8-21/h1-3,7-8,10-13,18H,4-6,9,14-17H2,(H,25,28). The van der Waals surface area contributed by atoms with E-state index < -0.39 is 0 Å². The number of carbonyl (C=O) groups excluding carboxylic acids is 2. The number of hydrogen-bond acceptors (Lipinski definition) is 3. The Morgan fingerprint density at radius 2 is 1.86 bits per heavy atom.